The second kappa shape index (κ2) is 9.04. The number of pyridine rings is 1. The molecule has 0 amide bonds. The highest BCUT2D eigenvalue weighted by Gasteiger charge is 2.44. The molecule has 0 spiro atoms. The molecule has 1 saturated carbocycles. The van der Waals surface area contributed by atoms with E-state index in [0.717, 1.165) is 48.2 Å². The van der Waals surface area contributed by atoms with Crippen molar-refractivity contribution in [2.45, 2.75) is 38.1 Å². The molecule has 1 saturated heterocycles. The third-order valence-corrected chi connectivity index (χ3v) is 8.17. The topological polar surface area (TPSA) is 78.4 Å². The molecule has 2 aliphatic heterocycles. The first kappa shape index (κ1) is 23.8. The number of rotatable bonds is 6. The van der Waals surface area contributed by atoms with Gasteiger partial charge in [0.2, 0.25) is 11.8 Å². The van der Waals surface area contributed by atoms with Crippen LogP contribution in [0.1, 0.15) is 32.3 Å². The normalized spacial score (nSPS) is 23.6. The van der Waals surface area contributed by atoms with Crippen molar-refractivity contribution in [3.05, 3.63) is 54.0 Å². The van der Waals surface area contributed by atoms with Gasteiger partial charge < -0.3 is 25.2 Å². The highest BCUT2D eigenvalue weighted by molar-refractivity contribution is 5.75. The van der Waals surface area contributed by atoms with E-state index in [4.69, 9.17) is 14.7 Å². The quantitative estimate of drug-likeness (QED) is 0.496. The van der Waals surface area contributed by atoms with Crippen LogP contribution in [0, 0.1) is 17.7 Å². The van der Waals surface area contributed by atoms with Gasteiger partial charge in [-0.25, -0.2) is 9.37 Å². The Morgan fingerprint density at radius 3 is 2.43 bits per heavy atom. The van der Waals surface area contributed by atoms with Crippen LogP contribution in [0.25, 0.3) is 0 Å². The molecule has 1 unspecified atom stereocenters. The predicted molar refractivity (Wildman–Crippen MR) is 145 cm³/mol. The molecule has 9 heteroatoms. The van der Waals surface area contributed by atoms with E-state index < -0.39 is 0 Å². The van der Waals surface area contributed by atoms with Gasteiger partial charge in [-0.1, -0.05) is 13.8 Å². The van der Waals surface area contributed by atoms with Crippen LogP contribution >= 0.6 is 0 Å². The number of nitrogens with zero attached hydrogens (tertiary/aromatic N) is 5. The van der Waals surface area contributed by atoms with Gasteiger partial charge in [-0.05, 0) is 55.0 Å². The Hall–Kier alpha value is -3.62. The zero-order valence-corrected chi connectivity index (χ0v) is 21.8. The fourth-order valence-electron chi connectivity index (χ4n) is 6.42. The molecule has 2 N–H and O–H groups in total. The van der Waals surface area contributed by atoms with E-state index >= 15 is 0 Å². The minimum Gasteiger partial charge on any atom is -0.481 e. The largest absolute Gasteiger partial charge is 0.481 e. The van der Waals surface area contributed by atoms with E-state index in [1.165, 1.54) is 25.0 Å². The van der Waals surface area contributed by atoms with E-state index in [2.05, 4.69) is 45.3 Å². The maximum Gasteiger partial charge on any atom is 0.226 e. The lowest BCUT2D eigenvalue weighted by Crippen LogP contribution is -2.48. The average Bonchev–Trinajstić information content (AvgIpc) is 3.29. The van der Waals surface area contributed by atoms with Gasteiger partial charge in [-0.2, -0.15) is 9.97 Å². The zero-order valence-electron chi connectivity index (χ0n) is 21.8. The van der Waals surface area contributed by atoms with Gasteiger partial charge in [0, 0.05) is 67.3 Å². The van der Waals surface area contributed by atoms with E-state index in [-0.39, 0.29) is 11.2 Å². The van der Waals surface area contributed by atoms with Crippen molar-refractivity contribution in [3.8, 4) is 5.88 Å². The number of piperidine rings is 1. The minimum absolute atomic E-state index is 0.156. The van der Waals surface area contributed by atoms with Gasteiger partial charge >= 0.3 is 0 Å². The fourth-order valence-corrected chi connectivity index (χ4v) is 6.42. The lowest BCUT2D eigenvalue weighted by molar-refractivity contribution is 0.374. The van der Waals surface area contributed by atoms with Crippen LogP contribution in [0.3, 0.4) is 0 Å². The van der Waals surface area contributed by atoms with Gasteiger partial charge in [0.05, 0.1) is 7.11 Å². The van der Waals surface area contributed by atoms with Crippen molar-refractivity contribution in [3.63, 3.8) is 0 Å². The highest BCUT2D eigenvalue weighted by Crippen LogP contribution is 2.47. The summed E-state index contributed by atoms with van der Waals surface area (Å²) >= 11 is 0. The Labute approximate surface area is 217 Å². The summed E-state index contributed by atoms with van der Waals surface area (Å²) in [6.07, 6.45) is 4.17. The second-order valence-electron chi connectivity index (χ2n) is 11.0. The van der Waals surface area contributed by atoms with Crippen molar-refractivity contribution >= 4 is 29.0 Å². The monoisotopic (exact) mass is 503 g/mol. The number of ether oxygens (including phenoxy) is 1. The van der Waals surface area contributed by atoms with Crippen molar-refractivity contribution < 1.29 is 9.13 Å². The second-order valence-corrected chi connectivity index (χ2v) is 11.0. The van der Waals surface area contributed by atoms with Crippen molar-refractivity contribution in [2.24, 2.45) is 11.8 Å². The Morgan fingerprint density at radius 2 is 1.76 bits per heavy atom. The Balaban J connectivity index is 1.28. The summed E-state index contributed by atoms with van der Waals surface area (Å²) in [5.74, 6) is 3.77. The zero-order chi connectivity index (χ0) is 25.7. The molecule has 3 aromatic rings. The summed E-state index contributed by atoms with van der Waals surface area (Å²) < 4.78 is 19.0. The third-order valence-electron chi connectivity index (χ3n) is 8.17. The standard InChI is InChI=1S/C28H34FN7O/c1-28(2)16-36(20-9-7-19(29)8-10-20)26-23(28)25(30-3)33-27(34-26)32-24-17-5-6-18(24)15-35(14-17)21-11-12-31-22(13-21)37-4/h7-13,17-18,24H,5-6,14-16H2,1-4H3,(H2,30,32,33,34)/t17-,18+,24?. The Kier molecular flexibility index (Phi) is 5.81. The number of benzene rings is 1. The number of aromatic nitrogens is 3. The van der Waals surface area contributed by atoms with Crippen LogP contribution in [0.2, 0.25) is 0 Å². The van der Waals surface area contributed by atoms with Gasteiger partial charge in [0.1, 0.15) is 17.5 Å². The van der Waals surface area contributed by atoms with Crippen LogP contribution in [-0.4, -0.2) is 54.8 Å². The molecule has 6 rings (SSSR count). The molecule has 194 valence electrons. The molecule has 4 heterocycles. The first-order valence-corrected chi connectivity index (χ1v) is 13.0. The molecule has 2 aromatic heterocycles. The number of halogens is 1. The maximum absolute atomic E-state index is 13.6. The van der Waals surface area contributed by atoms with Crippen molar-refractivity contribution in [1.82, 2.24) is 15.0 Å². The summed E-state index contributed by atoms with van der Waals surface area (Å²) in [6.45, 7) is 7.10. The van der Waals surface area contributed by atoms with Crippen LogP contribution in [0.5, 0.6) is 5.88 Å². The number of fused-ring (bicyclic) bond motifs is 3. The van der Waals surface area contributed by atoms with Gasteiger partial charge in [-0.3, -0.25) is 0 Å². The van der Waals surface area contributed by atoms with Crippen LogP contribution in [-0.2, 0) is 5.41 Å². The average molecular weight is 504 g/mol. The number of methoxy groups -OCH3 is 1. The lowest BCUT2D eigenvalue weighted by atomic mass is 9.88. The molecular weight excluding hydrogens is 469 g/mol. The SMILES string of the molecule is CNc1nc(NC2[C@@H]3CC[C@H]2CN(c2ccnc(OC)c2)C3)nc2c1C(C)(C)CN2c1ccc(F)cc1. The van der Waals surface area contributed by atoms with E-state index in [9.17, 15) is 4.39 Å². The van der Waals surface area contributed by atoms with Crippen LogP contribution in [0.15, 0.2) is 42.6 Å². The number of hydrogen-bond acceptors (Lipinski definition) is 8. The minimum atomic E-state index is -0.240. The summed E-state index contributed by atoms with van der Waals surface area (Å²) in [7, 11) is 3.56. The van der Waals surface area contributed by atoms with E-state index in [1.807, 2.05) is 31.4 Å². The molecule has 37 heavy (non-hydrogen) atoms. The number of anilines is 5. The molecular formula is C28H34FN7O. The predicted octanol–water partition coefficient (Wildman–Crippen LogP) is 4.82. The Bertz CT molecular complexity index is 1280. The summed E-state index contributed by atoms with van der Waals surface area (Å²) in [5.41, 5.74) is 3.03. The van der Waals surface area contributed by atoms with Crippen molar-refractivity contribution in [1.29, 1.82) is 0 Å². The molecule has 1 aromatic carbocycles. The third kappa shape index (κ3) is 4.20. The summed E-state index contributed by atoms with van der Waals surface area (Å²) in [6, 6.07) is 11.0. The molecule has 2 bridgehead atoms. The first-order valence-electron chi connectivity index (χ1n) is 13.0. The maximum atomic E-state index is 13.6. The lowest BCUT2D eigenvalue weighted by Gasteiger charge is -2.39. The summed E-state index contributed by atoms with van der Waals surface area (Å²) in [4.78, 5) is 18.9. The van der Waals surface area contributed by atoms with E-state index in [0.29, 0.717) is 29.7 Å². The van der Waals surface area contributed by atoms with E-state index in [1.54, 1.807) is 7.11 Å². The molecule has 0 radical (unpaired) electrons. The molecule has 1 aliphatic carbocycles. The molecule has 2 fully saturated rings. The molecule has 3 aliphatic rings. The fraction of sp³-hybridized carbons (Fsp3) is 0.464. The van der Waals surface area contributed by atoms with Gasteiger partial charge in [-0.15, -0.1) is 0 Å². The van der Waals surface area contributed by atoms with Crippen molar-refractivity contribution in [2.75, 3.05) is 54.2 Å². The number of nitrogens with one attached hydrogen (secondary N) is 2. The van der Waals surface area contributed by atoms with Gasteiger partial charge in [0.15, 0.2) is 0 Å². The van der Waals surface area contributed by atoms with Gasteiger partial charge in [0.25, 0.3) is 0 Å². The van der Waals surface area contributed by atoms with Crippen LogP contribution < -0.4 is 25.2 Å². The number of hydrogen-bond donors (Lipinski definition) is 2. The summed E-state index contributed by atoms with van der Waals surface area (Å²) in [5, 5.41) is 7.05. The smallest absolute Gasteiger partial charge is 0.226 e. The highest BCUT2D eigenvalue weighted by atomic mass is 19.1. The Morgan fingerprint density at radius 1 is 1.03 bits per heavy atom. The molecule has 3 atom stereocenters. The van der Waals surface area contributed by atoms with Crippen LogP contribution in [0.4, 0.5) is 33.3 Å². The molecule has 8 nitrogen and oxygen atoms in total. The first-order chi connectivity index (χ1) is 17.9.